The van der Waals surface area contributed by atoms with E-state index in [9.17, 15) is 0 Å². The number of nitrogens with zero attached hydrogens (tertiary/aromatic N) is 1. The molecule has 20 heavy (non-hydrogen) atoms. The molecule has 0 unspecified atom stereocenters. The quantitative estimate of drug-likeness (QED) is 0.921. The Labute approximate surface area is 119 Å². The highest BCUT2D eigenvalue weighted by Crippen LogP contribution is 2.24. The first-order chi connectivity index (χ1) is 9.75. The van der Waals surface area contributed by atoms with Gasteiger partial charge in [-0.25, -0.2) is 15.3 Å². The minimum atomic E-state index is -0.499. The van der Waals surface area contributed by atoms with E-state index >= 15 is 0 Å². The van der Waals surface area contributed by atoms with Crippen molar-refractivity contribution in [1.29, 1.82) is 0 Å². The smallest absolute Gasteiger partial charge is 0.185 e. The molecular weight excluding hydrogens is 248 g/mol. The van der Waals surface area contributed by atoms with E-state index < -0.39 is 5.72 Å². The van der Waals surface area contributed by atoms with Gasteiger partial charge in [0.1, 0.15) is 0 Å². The fourth-order valence-electron chi connectivity index (χ4n) is 2.29. The van der Waals surface area contributed by atoms with Gasteiger partial charge in [0.05, 0.1) is 0 Å². The molecule has 0 saturated heterocycles. The lowest BCUT2D eigenvalue weighted by Gasteiger charge is -2.18. The van der Waals surface area contributed by atoms with Crippen LogP contribution in [0.1, 0.15) is 24.5 Å². The average molecular weight is 266 g/mol. The van der Waals surface area contributed by atoms with Crippen molar-refractivity contribution in [2.24, 2.45) is 4.99 Å². The molecule has 1 heterocycles. The molecule has 0 fully saturated rings. The number of amidine groups is 1. The Hall–Kier alpha value is -2.13. The van der Waals surface area contributed by atoms with Gasteiger partial charge in [-0.1, -0.05) is 60.7 Å². The summed E-state index contributed by atoms with van der Waals surface area (Å²) in [5, 5.41) is 0. The van der Waals surface area contributed by atoms with Gasteiger partial charge in [-0.05, 0) is 18.9 Å². The molecule has 0 radical (unpaired) electrons. The van der Waals surface area contributed by atoms with Crippen molar-refractivity contribution in [2.75, 3.05) is 0 Å². The van der Waals surface area contributed by atoms with Gasteiger partial charge < -0.3 is 0 Å². The van der Waals surface area contributed by atoms with Crippen molar-refractivity contribution in [1.82, 2.24) is 5.48 Å². The van der Waals surface area contributed by atoms with E-state index in [4.69, 9.17) is 4.84 Å². The minimum Gasteiger partial charge on any atom is -0.246 e. The van der Waals surface area contributed by atoms with Crippen molar-refractivity contribution >= 4 is 5.84 Å². The van der Waals surface area contributed by atoms with Crippen LogP contribution in [0.25, 0.3) is 0 Å². The molecule has 1 aliphatic rings. The van der Waals surface area contributed by atoms with Crippen LogP contribution in [0.15, 0.2) is 65.7 Å². The zero-order valence-corrected chi connectivity index (χ0v) is 11.5. The number of nitrogens with one attached hydrogen (secondary N) is 1. The maximum atomic E-state index is 5.68. The van der Waals surface area contributed by atoms with Crippen LogP contribution in [0, 0.1) is 0 Å². The zero-order valence-electron chi connectivity index (χ0n) is 11.5. The number of rotatable bonds is 4. The van der Waals surface area contributed by atoms with Crippen LogP contribution in [0.4, 0.5) is 0 Å². The van der Waals surface area contributed by atoms with Gasteiger partial charge in [-0.2, -0.15) is 0 Å². The molecule has 3 nitrogen and oxygen atoms in total. The maximum Gasteiger partial charge on any atom is 0.185 e. The highest BCUT2D eigenvalue weighted by molar-refractivity contribution is 5.99. The molecule has 3 rings (SSSR count). The number of hydrogen-bond acceptors (Lipinski definition) is 3. The Morgan fingerprint density at radius 3 is 2.35 bits per heavy atom. The van der Waals surface area contributed by atoms with Crippen LogP contribution in [-0.4, -0.2) is 11.6 Å². The highest BCUT2D eigenvalue weighted by atomic mass is 16.7. The van der Waals surface area contributed by atoms with E-state index in [0.29, 0.717) is 0 Å². The molecule has 102 valence electrons. The fourth-order valence-corrected chi connectivity index (χ4v) is 2.29. The summed E-state index contributed by atoms with van der Waals surface area (Å²) >= 11 is 0. The molecule has 1 atom stereocenters. The van der Waals surface area contributed by atoms with E-state index in [-0.39, 0.29) is 0 Å². The second kappa shape index (κ2) is 5.47. The number of aliphatic imine (C=N–C) groups is 1. The second-order valence-electron chi connectivity index (χ2n) is 5.19. The van der Waals surface area contributed by atoms with E-state index in [1.165, 1.54) is 5.56 Å². The Bertz CT molecular complexity index is 595. The van der Waals surface area contributed by atoms with E-state index in [0.717, 1.165) is 24.2 Å². The molecule has 1 aliphatic heterocycles. The molecule has 0 bridgehead atoms. The minimum absolute atomic E-state index is 0.499. The highest BCUT2D eigenvalue weighted by Gasteiger charge is 2.31. The number of hydroxylamine groups is 1. The van der Waals surface area contributed by atoms with Gasteiger partial charge >= 0.3 is 0 Å². The predicted molar refractivity (Wildman–Crippen MR) is 80.4 cm³/mol. The summed E-state index contributed by atoms with van der Waals surface area (Å²) < 4.78 is 0. The summed E-state index contributed by atoms with van der Waals surface area (Å²) in [4.78, 5) is 10.4. The van der Waals surface area contributed by atoms with Crippen LogP contribution >= 0.6 is 0 Å². The maximum absolute atomic E-state index is 5.68. The van der Waals surface area contributed by atoms with Crippen LogP contribution < -0.4 is 5.48 Å². The van der Waals surface area contributed by atoms with Gasteiger partial charge in [-0.15, -0.1) is 0 Å². The summed E-state index contributed by atoms with van der Waals surface area (Å²) in [7, 11) is 0. The summed E-state index contributed by atoms with van der Waals surface area (Å²) in [6.45, 7) is 2.01. The van der Waals surface area contributed by atoms with Gasteiger partial charge in [0.15, 0.2) is 11.6 Å². The third-order valence-electron chi connectivity index (χ3n) is 3.48. The third-order valence-corrected chi connectivity index (χ3v) is 3.48. The van der Waals surface area contributed by atoms with Crippen molar-refractivity contribution < 1.29 is 4.84 Å². The molecule has 0 saturated carbocycles. The molecule has 0 aromatic heterocycles. The first-order valence-electron chi connectivity index (χ1n) is 6.88. The molecule has 2 aromatic carbocycles. The number of aryl methyl sites for hydroxylation is 1. The van der Waals surface area contributed by atoms with Gasteiger partial charge in [-0.3, -0.25) is 0 Å². The standard InChI is InChI=1S/C17H18N2O/c1-17(13-12-14-8-4-2-5-9-14)18-16(19-20-17)15-10-6-3-7-11-15/h2-11H,12-13H2,1H3,(H,18,19)/t17-/m0/s1. The summed E-state index contributed by atoms with van der Waals surface area (Å²) in [5.41, 5.74) is 4.81. The van der Waals surface area contributed by atoms with Crippen LogP contribution in [0.5, 0.6) is 0 Å². The molecule has 0 spiro atoms. The zero-order chi connectivity index (χ0) is 13.8. The SMILES string of the molecule is C[C@]1(CCc2ccccc2)N=C(c2ccccc2)NO1. The van der Waals surface area contributed by atoms with Crippen LogP contribution in [-0.2, 0) is 11.3 Å². The normalized spacial score (nSPS) is 21.4. The molecule has 0 aliphatic carbocycles. The van der Waals surface area contributed by atoms with Crippen molar-refractivity contribution in [3.8, 4) is 0 Å². The Morgan fingerprint density at radius 1 is 1.00 bits per heavy atom. The largest absolute Gasteiger partial charge is 0.246 e. The van der Waals surface area contributed by atoms with Gasteiger partial charge in [0.25, 0.3) is 0 Å². The van der Waals surface area contributed by atoms with E-state index in [1.54, 1.807) is 0 Å². The Kier molecular flexibility index (Phi) is 3.52. The monoisotopic (exact) mass is 266 g/mol. The summed E-state index contributed by atoms with van der Waals surface area (Å²) in [6.07, 6.45) is 1.80. The first-order valence-corrected chi connectivity index (χ1v) is 6.88. The summed E-state index contributed by atoms with van der Waals surface area (Å²) in [6, 6.07) is 20.5. The predicted octanol–water partition coefficient (Wildman–Crippen LogP) is 3.32. The fraction of sp³-hybridized carbons (Fsp3) is 0.235. The van der Waals surface area contributed by atoms with E-state index in [1.807, 2.05) is 43.3 Å². The number of benzene rings is 2. The van der Waals surface area contributed by atoms with Crippen molar-refractivity contribution in [3.63, 3.8) is 0 Å². The lowest BCUT2D eigenvalue weighted by Crippen LogP contribution is -2.27. The lowest BCUT2D eigenvalue weighted by atomic mass is 10.0. The van der Waals surface area contributed by atoms with Gasteiger partial charge in [0, 0.05) is 12.0 Å². The number of hydrogen-bond donors (Lipinski definition) is 1. The molecule has 2 aromatic rings. The van der Waals surface area contributed by atoms with Crippen LogP contribution in [0.2, 0.25) is 0 Å². The average Bonchev–Trinajstić information content (AvgIpc) is 2.90. The Morgan fingerprint density at radius 2 is 1.65 bits per heavy atom. The Balaban J connectivity index is 1.69. The van der Waals surface area contributed by atoms with Crippen molar-refractivity contribution in [3.05, 3.63) is 71.8 Å². The summed E-state index contributed by atoms with van der Waals surface area (Å²) in [5.74, 6) is 0.807. The van der Waals surface area contributed by atoms with Crippen molar-refractivity contribution in [2.45, 2.75) is 25.5 Å². The first kappa shape index (κ1) is 12.9. The van der Waals surface area contributed by atoms with Crippen LogP contribution in [0.3, 0.4) is 0 Å². The third kappa shape index (κ3) is 2.89. The topological polar surface area (TPSA) is 33.6 Å². The lowest BCUT2D eigenvalue weighted by molar-refractivity contribution is -0.0458. The molecule has 1 N–H and O–H groups in total. The van der Waals surface area contributed by atoms with Gasteiger partial charge in [0.2, 0.25) is 0 Å². The molecule has 0 amide bonds. The molecule has 3 heteroatoms. The second-order valence-corrected chi connectivity index (χ2v) is 5.19. The van der Waals surface area contributed by atoms with E-state index in [2.05, 4.69) is 34.7 Å². The molecular formula is C17H18N2O.